The molecule has 0 unspecified atom stereocenters. The lowest BCUT2D eigenvalue weighted by Gasteiger charge is -2.36. The normalized spacial score (nSPS) is 22.6. The third-order valence-electron chi connectivity index (χ3n) is 3.74. The molecular weight excluding hydrogens is 310 g/mol. The summed E-state index contributed by atoms with van der Waals surface area (Å²) in [7, 11) is 0. The van der Waals surface area contributed by atoms with Gasteiger partial charge in [0.1, 0.15) is 5.75 Å². The van der Waals surface area contributed by atoms with Crippen molar-refractivity contribution < 1.29 is 18.3 Å². The van der Waals surface area contributed by atoms with Crippen molar-refractivity contribution in [3.05, 3.63) is 24.3 Å². The molecule has 1 saturated heterocycles. The molecule has 1 aliphatic heterocycles. The van der Waals surface area contributed by atoms with Crippen LogP contribution in [0, 0.1) is 0 Å². The number of rotatable bonds is 5. The Morgan fingerprint density at radius 2 is 2.18 bits per heavy atom. The summed E-state index contributed by atoms with van der Waals surface area (Å²) in [5.41, 5.74) is 0.264. The fourth-order valence-corrected chi connectivity index (χ4v) is 3.52. The van der Waals surface area contributed by atoms with Crippen molar-refractivity contribution in [1.29, 1.82) is 0 Å². The summed E-state index contributed by atoms with van der Waals surface area (Å²) in [6.07, 6.45) is 0. The molecule has 22 heavy (non-hydrogen) atoms. The van der Waals surface area contributed by atoms with E-state index in [-0.39, 0.29) is 23.9 Å². The number of anilines is 1. The minimum Gasteiger partial charge on any atom is -0.433 e. The number of ether oxygens (including phenoxy) is 1. The zero-order chi connectivity index (χ0) is 16.1. The molecule has 122 valence electrons. The molecular formula is C15H20F2N2O2S. The Balaban J connectivity index is 1.97. The van der Waals surface area contributed by atoms with Crippen molar-refractivity contribution in [2.45, 2.75) is 31.8 Å². The van der Waals surface area contributed by atoms with E-state index in [0.29, 0.717) is 11.3 Å². The Labute approximate surface area is 133 Å². The van der Waals surface area contributed by atoms with Crippen molar-refractivity contribution in [3.63, 3.8) is 0 Å². The van der Waals surface area contributed by atoms with Gasteiger partial charge in [-0.15, -0.1) is 0 Å². The van der Waals surface area contributed by atoms with Crippen LogP contribution in [-0.2, 0) is 4.79 Å². The number of nitrogens with zero attached hydrogens (tertiary/aromatic N) is 1. The van der Waals surface area contributed by atoms with E-state index in [1.54, 1.807) is 18.2 Å². The Bertz CT molecular complexity index is 516. The number of benzene rings is 1. The first-order chi connectivity index (χ1) is 10.5. The number of carbonyl (C=O) groups excluding carboxylic acids is 1. The fraction of sp³-hybridized carbons (Fsp3) is 0.533. The fourth-order valence-electron chi connectivity index (χ4n) is 2.36. The molecule has 2 atom stereocenters. The maximum absolute atomic E-state index is 12.4. The molecule has 1 aromatic carbocycles. The van der Waals surface area contributed by atoms with Crippen LogP contribution < -0.4 is 10.1 Å². The summed E-state index contributed by atoms with van der Waals surface area (Å²) in [6, 6.07) is 6.50. The van der Waals surface area contributed by atoms with Gasteiger partial charge in [-0.1, -0.05) is 19.1 Å². The van der Waals surface area contributed by atoms with Crippen molar-refractivity contribution in [1.82, 2.24) is 4.90 Å². The number of halogens is 2. The SMILES string of the molecule is C[C@@H]1[C@@H](C)SCCN1CC(=O)Nc1ccccc1OC(F)F. The summed E-state index contributed by atoms with van der Waals surface area (Å²) in [4.78, 5) is 14.3. The standard InChI is InChI=1S/C15H20F2N2O2S/c1-10-11(2)22-8-7-19(10)9-14(20)18-12-5-3-4-6-13(12)21-15(16)17/h3-6,10-11,15H,7-9H2,1-2H3,(H,18,20)/t10-,11-/m1/s1. The Kier molecular flexibility index (Phi) is 6.02. The van der Waals surface area contributed by atoms with E-state index >= 15 is 0 Å². The van der Waals surface area contributed by atoms with E-state index in [0.717, 1.165) is 12.3 Å². The number of hydrogen-bond donors (Lipinski definition) is 1. The highest BCUT2D eigenvalue weighted by Crippen LogP contribution is 2.26. The quantitative estimate of drug-likeness (QED) is 0.901. The second-order valence-electron chi connectivity index (χ2n) is 5.21. The Morgan fingerprint density at radius 3 is 2.91 bits per heavy atom. The molecule has 1 N–H and O–H groups in total. The zero-order valence-electron chi connectivity index (χ0n) is 12.6. The van der Waals surface area contributed by atoms with Crippen LogP contribution >= 0.6 is 11.8 Å². The molecule has 0 aromatic heterocycles. The smallest absolute Gasteiger partial charge is 0.387 e. The highest BCUT2D eigenvalue weighted by Gasteiger charge is 2.26. The van der Waals surface area contributed by atoms with Crippen LogP contribution in [0.15, 0.2) is 24.3 Å². The molecule has 0 radical (unpaired) electrons. The number of alkyl halides is 2. The van der Waals surface area contributed by atoms with Gasteiger partial charge >= 0.3 is 6.61 Å². The highest BCUT2D eigenvalue weighted by atomic mass is 32.2. The topological polar surface area (TPSA) is 41.6 Å². The van der Waals surface area contributed by atoms with Crippen LogP contribution in [0.4, 0.5) is 14.5 Å². The van der Waals surface area contributed by atoms with Gasteiger partial charge in [0.15, 0.2) is 0 Å². The third-order valence-corrected chi connectivity index (χ3v) is 5.08. The Morgan fingerprint density at radius 1 is 1.45 bits per heavy atom. The summed E-state index contributed by atoms with van der Waals surface area (Å²) >= 11 is 1.89. The predicted octanol–water partition coefficient (Wildman–Crippen LogP) is 3.05. The summed E-state index contributed by atoms with van der Waals surface area (Å²) in [6.45, 7) is 2.41. The first kappa shape index (κ1) is 17.0. The first-order valence-electron chi connectivity index (χ1n) is 7.16. The molecule has 7 heteroatoms. The maximum atomic E-state index is 12.4. The molecule has 1 heterocycles. The third kappa shape index (κ3) is 4.58. The van der Waals surface area contributed by atoms with Crippen molar-refractivity contribution >= 4 is 23.4 Å². The average Bonchev–Trinajstić information content (AvgIpc) is 2.45. The lowest BCUT2D eigenvalue weighted by atomic mass is 10.2. The molecule has 0 bridgehead atoms. The summed E-state index contributed by atoms with van der Waals surface area (Å²) in [5, 5.41) is 3.12. The summed E-state index contributed by atoms with van der Waals surface area (Å²) < 4.78 is 29.1. The molecule has 2 rings (SSSR count). The minimum absolute atomic E-state index is 0.0264. The molecule has 1 fully saturated rings. The highest BCUT2D eigenvalue weighted by molar-refractivity contribution is 8.00. The largest absolute Gasteiger partial charge is 0.433 e. The van der Waals surface area contributed by atoms with E-state index in [2.05, 4.69) is 28.8 Å². The molecule has 1 aliphatic rings. The van der Waals surface area contributed by atoms with Crippen LogP contribution in [0.25, 0.3) is 0 Å². The molecule has 0 saturated carbocycles. The van der Waals surface area contributed by atoms with Gasteiger partial charge < -0.3 is 10.1 Å². The van der Waals surface area contributed by atoms with E-state index in [1.165, 1.54) is 6.07 Å². The molecule has 4 nitrogen and oxygen atoms in total. The average molecular weight is 330 g/mol. The van der Waals surface area contributed by atoms with Gasteiger partial charge in [-0.2, -0.15) is 20.5 Å². The predicted molar refractivity (Wildman–Crippen MR) is 84.7 cm³/mol. The van der Waals surface area contributed by atoms with Crippen molar-refractivity contribution in [2.75, 3.05) is 24.2 Å². The van der Waals surface area contributed by atoms with Crippen molar-refractivity contribution in [3.8, 4) is 5.75 Å². The Hall–Kier alpha value is -1.34. The van der Waals surface area contributed by atoms with Crippen molar-refractivity contribution in [2.24, 2.45) is 0 Å². The number of para-hydroxylation sites is 2. The van der Waals surface area contributed by atoms with E-state index in [4.69, 9.17) is 0 Å². The second-order valence-corrected chi connectivity index (χ2v) is 6.69. The first-order valence-corrected chi connectivity index (χ1v) is 8.21. The maximum Gasteiger partial charge on any atom is 0.387 e. The summed E-state index contributed by atoms with van der Waals surface area (Å²) in [5.74, 6) is 0.738. The monoisotopic (exact) mass is 330 g/mol. The molecule has 1 amide bonds. The molecule has 0 aliphatic carbocycles. The van der Waals surface area contributed by atoms with Gasteiger partial charge in [-0.25, -0.2) is 0 Å². The number of nitrogens with one attached hydrogen (secondary N) is 1. The molecule has 1 aromatic rings. The van der Waals surface area contributed by atoms with Gasteiger partial charge in [0, 0.05) is 23.6 Å². The number of amides is 1. The lowest BCUT2D eigenvalue weighted by Crippen LogP contribution is -2.47. The number of thioether (sulfide) groups is 1. The van der Waals surface area contributed by atoms with Gasteiger partial charge in [0.25, 0.3) is 0 Å². The van der Waals surface area contributed by atoms with Gasteiger partial charge in [-0.05, 0) is 19.1 Å². The second kappa shape index (κ2) is 7.78. The lowest BCUT2D eigenvalue weighted by molar-refractivity contribution is -0.117. The van der Waals surface area contributed by atoms with Crippen LogP contribution in [0.5, 0.6) is 5.75 Å². The van der Waals surface area contributed by atoms with E-state index < -0.39 is 6.61 Å². The number of carbonyl (C=O) groups is 1. The van der Waals surface area contributed by atoms with Crippen LogP contribution in [0.2, 0.25) is 0 Å². The van der Waals surface area contributed by atoms with Crippen LogP contribution in [-0.4, -0.2) is 47.6 Å². The number of hydrogen-bond acceptors (Lipinski definition) is 4. The minimum atomic E-state index is -2.92. The van der Waals surface area contributed by atoms with Crippen LogP contribution in [0.1, 0.15) is 13.8 Å². The van der Waals surface area contributed by atoms with E-state index in [9.17, 15) is 13.6 Å². The van der Waals surface area contributed by atoms with E-state index in [1.807, 2.05) is 11.8 Å². The van der Waals surface area contributed by atoms with Gasteiger partial charge in [-0.3, -0.25) is 9.69 Å². The van der Waals surface area contributed by atoms with Gasteiger partial charge in [0.05, 0.1) is 12.2 Å². The van der Waals surface area contributed by atoms with Crippen LogP contribution in [0.3, 0.4) is 0 Å². The zero-order valence-corrected chi connectivity index (χ0v) is 13.4. The molecule has 0 spiro atoms. The van der Waals surface area contributed by atoms with Gasteiger partial charge in [0.2, 0.25) is 5.91 Å².